The minimum atomic E-state index is 0.635. The van der Waals surface area contributed by atoms with Gasteiger partial charge in [-0.25, -0.2) is 4.98 Å². The first kappa shape index (κ1) is 12.9. The minimum Gasteiger partial charge on any atom is -0.481 e. The highest BCUT2D eigenvalue weighted by Crippen LogP contribution is 2.26. The number of pyridine rings is 1. The molecule has 1 aromatic carbocycles. The van der Waals surface area contributed by atoms with Crippen LogP contribution in [0.25, 0.3) is 0 Å². The number of aryl methyl sites for hydroxylation is 1. The van der Waals surface area contributed by atoms with Gasteiger partial charge in [-0.1, -0.05) is 18.2 Å². The maximum absolute atomic E-state index is 5.03. The number of anilines is 1. The molecule has 0 saturated heterocycles. The van der Waals surface area contributed by atoms with E-state index < -0.39 is 0 Å². The lowest BCUT2D eigenvalue weighted by Crippen LogP contribution is -2.01. The van der Waals surface area contributed by atoms with Gasteiger partial charge in [0.15, 0.2) is 0 Å². The van der Waals surface area contributed by atoms with Gasteiger partial charge in [-0.3, -0.25) is 0 Å². The third kappa shape index (κ3) is 3.01. The molecule has 18 heavy (non-hydrogen) atoms. The lowest BCUT2D eigenvalue weighted by atomic mass is 10.2. The summed E-state index contributed by atoms with van der Waals surface area (Å²) in [5.41, 5.74) is 3.42. The highest BCUT2D eigenvalue weighted by molar-refractivity contribution is 9.10. The van der Waals surface area contributed by atoms with E-state index in [4.69, 9.17) is 4.74 Å². The molecule has 0 atom stereocenters. The molecule has 1 N–H and O–H groups in total. The van der Waals surface area contributed by atoms with Gasteiger partial charge in [0.25, 0.3) is 0 Å². The molecule has 0 amide bonds. The SMILES string of the molecule is COc1ccc(CNc2cccc(C)c2Br)cn1. The van der Waals surface area contributed by atoms with E-state index in [0.29, 0.717) is 5.88 Å². The van der Waals surface area contributed by atoms with Crippen molar-refractivity contribution < 1.29 is 4.74 Å². The summed E-state index contributed by atoms with van der Waals surface area (Å²) in [7, 11) is 1.62. The van der Waals surface area contributed by atoms with Gasteiger partial charge < -0.3 is 10.1 Å². The molecule has 0 spiro atoms. The summed E-state index contributed by atoms with van der Waals surface area (Å²) in [4.78, 5) is 4.18. The number of nitrogens with one attached hydrogen (secondary N) is 1. The summed E-state index contributed by atoms with van der Waals surface area (Å²) in [6.45, 7) is 2.81. The van der Waals surface area contributed by atoms with Crippen LogP contribution in [0.3, 0.4) is 0 Å². The van der Waals surface area contributed by atoms with E-state index in [0.717, 1.165) is 22.3 Å². The van der Waals surface area contributed by atoms with E-state index >= 15 is 0 Å². The van der Waals surface area contributed by atoms with Crippen molar-refractivity contribution in [3.05, 3.63) is 52.1 Å². The van der Waals surface area contributed by atoms with Gasteiger partial charge in [0.05, 0.1) is 7.11 Å². The largest absolute Gasteiger partial charge is 0.481 e. The molecule has 1 heterocycles. The van der Waals surface area contributed by atoms with Gasteiger partial charge >= 0.3 is 0 Å². The molecule has 0 aliphatic heterocycles. The van der Waals surface area contributed by atoms with E-state index in [1.165, 1.54) is 5.56 Å². The molecule has 4 heteroatoms. The summed E-state index contributed by atoms with van der Waals surface area (Å²) in [6.07, 6.45) is 1.82. The number of hydrogen-bond donors (Lipinski definition) is 1. The van der Waals surface area contributed by atoms with Crippen molar-refractivity contribution in [1.82, 2.24) is 4.98 Å². The number of methoxy groups -OCH3 is 1. The predicted molar refractivity (Wildman–Crippen MR) is 77.0 cm³/mol. The fourth-order valence-corrected chi connectivity index (χ4v) is 2.02. The Balaban J connectivity index is 2.04. The molecule has 0 fully saturated rings. The lowest BCUT2D eigenvalue weighted by molar-refractivity contribution is 0.397. The molecule has 3 nitrogen and oxygen atoms in total. The number of halogens is 1. The van der Waals surface area contributed by atoms with Gasteiger partial charge in [0.2, 0.25) is 5.88 Å². The third-order valence-corrected chi connectivity index (χ3v) is 3.73. The van der Waals surface area contributed by atoms with Crippen molar-refractivity contribution >= 4 is 21.6 Å². The monoisotopic (exact) mass is 306 g/mol. The standard InChI is InChI=1S/C14H15BrN2O/c1-10-4-3-5-12(14(10)15)16-8-11-6-7-13(18-2)17-9-11/h3-7,9,16H,8H2,1-2H3. The fourth-order valence-electron chi connectivity index (χ4n) is 1.62. The summed E-state index contributed by atoms with van der Waals surface area (Å²) in [6, 6.07) is 10.0. The van der Waals surface area contributed by atoms with Crippen LogP contribution in [-0.4, -0.2) is 12.1 Å². The first-order valence-electron chi connectivity index (χ1n) is 5.68. The molecular formula is C14H15BrN2O. The Labute approximate surface area is 115 Å². The smallest absolute Gasteiger partial charge is 0.212 e. The highest BCUT2D eigenvalue weighted by atomic mass is 79.9. The summed E-state index contributed by atoms with van der Waals surface area (Å²) >= 11 is 3.58. The highest BCUT2D eigenvalue weighted by Gasteiger charge is 2.02. The van der Waals surface area contributed by atoms with Crippen molar-refractivity contribution in [3.63, 3.8) is 0 Å². The van der Waals surface area contributed by atoms with Gasteiger partial charge in [-0.2, -0.15) is 0 Å². The average Bonchev–Trinajstić information content (AvgIpc) is 2.41. The molecule has 0 bridgehead atoms. The number of aromatic nitrogens is 1. The molecule has 0 aliphatic rings. The van der Waals surface area contributed by atoms with Gasteiger partial charge in [-0.15, -0.1) is 0 Å². The Hall–Kier alpha value is -1.55. The van der Waals surface area contributed by atoms with E-state index in [2.05, 4.69) is 39.2 Å². The zero-order valence-electron chi connectivity index (χ0n) is 10.4. The zero-order valence-corrected chi connectivity index (χ0v) is 12.0. The van der Waals surface area contributed by atoms with E-state index in [9.17, 15) is 0 Å². The number of benzene rings is 1. The second-order valence-electron chi connectivity index (χ2n) is 4.00. The Kier molecular flexibility index (Phi) is 4.20. The van der Waals surface area contributed by atoms with Crippen molar-refractivity contribution in [2.45, 2.75) is 13.5 Å². The Morgan fingerprint density at radius 2 is 2.11 bits per heavy atom. The third-order valence-electron chi connectivity index (χ3n) is 2.68. The van der Waals surface area contributed by atoms with E-state index in [1.54, 1.807) is 7.11 Å². The van der Waals surface area contributed by atoms with Crippen LogP contribution in [0.2, 0.25) is 0 Å². The van der Waals surface area contributed by atoms with Gasteiger partial charge in [-0.05, 0) is 40.0 Å². The van der Waals surface area contributed by atoms with Crippen LogP contribution in [0.1, 0.15) is 11.1 Å². The molecule has 2 rings (SSSR count). The van der Waals surface area contributed by atoms with Crippen molar-refractivity contribution in [2.24, 2.45) is 0 Å². The zero-order chi connectivity index (χ0) is 13.0. The Bertz CT molecular complexity index is 526. The molecule has 0 saturated carbocycles. The first-order valence-corrected chi connectivity index (χ1v) is 6.48. The van der Waals surface area contributed by atoms with Crippen LogP contribution >= 0.6 is 15.9 Å². The summed E-state index contributed by atoms with van der Waals surface area (Å²) in [5, 5.41) is 3.38. The average molecular weight is 307 g/mol. The number of nitrogens with zero attached hydrogens (tertiary/aromatic N) is 1. The second kappa shape index (κ2) is 5.87. The molecule has 2 aromatic rings. The fraction of sp³-hybridized carbons (Fsp3) is 0.214. The minimum absolute atomic E-state index is 0.635. The van der Waals surface area contributed by atoms with E-state index in [-0.39, 0.29) is 0 Å². The molecule has 0 unspecified atom stereocenters. The van der Waals surface area contributed by atoms with Crippen molar-refractivity contribution in [1.29, 1.82) is 0 Å². The summed E-state index contributed by atoms with van der Waals surface area (Å²) < 4.78 is 6.13. The lowest BCUT2D eigenvalue weighted by Gasteiger charge is -2.10. The van der Waals surface area contributed by atoms with Gasteiger partial charge in [0.1, 0.15) is 0 Å². The number of hydrogen-bond acceptors (Lipinski definition) is 3. The van der Waals surface area contributed by atoms with Crippen LogP contribution in [0.15, 0.2) is 41.0 Å². The van der Waals surface area contributed by atoms with Gasteiger partial charge in [0, 0.05) is 29.0 Å². The quantitative estimate of drug-likeness (QED) is 0.933. The molecule has 94 valence electrons. The van der Waals surface area contributed by atoms with Crippen molar-refractivity contribution in [2.75, 3.05) is 12.4 Å². The topological polar surface area (TPSA) is 34.1 Å². The normalized spacial score (nSPS) is 10.2. The predicted octanol–water partition coefficient (Wildman–Crippen LogP) is 3.77. The van der Waals surface area contributed by atoms with Crippen LogP contribution in [-0.2, 0) is 6.54 Å². The maximum Gasteiger partial charge on any atom is 0.212 e. The van der Waals surface area contributed by atoms with Crippen LogP contribution in [0, 0.1) is 6.92 Å². The summed E-state index contributed by atoms with van der Waals surface area (Å²) in [5.74, 6) is 0.635. The molecule has 0 radical (unpaired) electrons. The number of rotatable bonds is 4. The Morgan fingerprint density at radius 3 is 2.78 bits per heavy atom. The second-order valence-corrected chi connectivity index (χ2v) is 4.79. The first-order chi connectivity index (χ1) is 8.70. The molecular weight excluding hydrogens is 292 g/mol. The van der Waals surface area contributed by atoms with Crippen LogP contribution in [0.5, 0.6) is 5.88 Å². The molecule has 0 aliphatic carbocycles. The number of ether oxygens (including phenoxy) is 1. The van der Waals surface area contributed by atoms with E-state index in [1.807, 2.05) is 30.5 Å². The Morgan fingerprint density at radius 1 is 1.28 bits per heavy atom. The molecule has 1 aromatic heterocycles. The van der Waals surface area contributed by atoms with Crippen LogP contribution in [0.4, 0.5) is 5.69 Å². The van der Waals surface area contributed by atoms with Crippen molar-refractivity contribution in [3.8, 4) is 5.88 Å². The van der Waals surface area contributed by atoms with Crippen LogP contribution < -0.4 is 10.1 Å². The maximum atomic E-state index is 5.03.